The highest BCUT2D eigenvalue weighted by Crippen LogP contribution is 2.25. The standard InChI is InChI=1S/C15H18BrNO3/c1-15(2,14(19)20)13(18)17-12-6-4-9-7-11(16)5-3-10(9)8-12/h3,5,7,12H,4,6,8H2,1-2H3,(H,17,18)(H,19,20). The quantitative estimate of drug-likeness (QED) is 0.831. The summed E-state index contributed by atoms with van der Waals surface area (Å²) in [6.07, 6.45) is 2.49. The monoisotopic (exact) mass is 339 g/mol. The SMILES string of the molecule is CC(C)(C(=O)O)C(=O)NC1CCc2cc(Br)ccc2C1. The van der Waals surface area contributed by atoms with Crippen LogP contribution in [-0.4, -0.2) is 23.0 Å². The molecule has 20 heavy (non-hydrogen) atoms. The zero-order valence-electron chi connectivity index (χ0n) is 11.6. The van der Waals surface area contributed by atoms with E-state index in [1.165, 1.54) is 25.0 Å². The van der Waals surface area contributed by atoms with Crippen LogP contribution < -0.4 is 5.32 Å². The number of carboxylic acids is 1. The largest absolute Gasteiger partial charge is 0.480 e. The fourth-order valence-electron chi connectivity index (χ4n) is 2.31. The van der Waals surface area contributed by atoms with Gasteiger partial charge in [0.15, 0.2) is 0 Å². The van der Waals surface area contributed by atoms with Crippen molar-refractivity contribution < 1.29 is 14.7 Å². The van der Waals surface area contributed by atoms with Crippen LogP contribution in [0.15, 0.2) is 22.7 Å². The maximum atomic E-state index is 12.0. The van der Waals surface area contributed by atoms with Crippen molar-refractivity contribution in [2.75, 3.05) is 0 Å². The van der Waals surface area contributed by atoms with E-state index in [-0.39, 0.29) is 6.04 Å². The van der Waals surface area contributed by atoms with E-state index in [1.807, 2.05) is 6.07 Å². The van der Waals surface area contributed by atoms with Gasteiger partial charge in [-0.1, -0.05) is 22.0 Å². The van der Waals surface area contributed by atoms with E-state index in [4.69, 9.17) is 5.11 Å². The molecule has 1 aromatic carbocycles. The Bertz CT molecular complexity index is 554. The number of benzene rings is 1. The van der Waals surface area contributed by atoms with Crippen LogP contribution in [0.3, 0.4) is 0 Å². The Morgan fingerprint density at radius 2 is 2.05 bits per heavy atom. The van der Waals surface area contributed by atoms with Gasteiger partial charge in [0, 0.05) is 10.5 Å². The van der Waals surface area contributed by atoms with Crippen molar-refractivity contribution in [3.8, 4) is 0 Å². The van der Waals surface area contributed by atoms with Gasteiger partial charge >= 0.3 is 5.97 Å². The molecule has 0 saturated carbocycles. The summed E-state index contributed by atoms with van der Waals surface area (Å²) >= 11 is 3.45. The molecule has 0 fully saturated rings. The number of hydrogen-bond acceptors (Lipinski definition) is 2. The number of hydrogen-bond donors (Lipinski definition) is 2. The highest BCUT2D eigenvalue weighted by atomic mass is 79.9. The maximum Gasteiger partial charge on any atom is 0.318 e. The molecule has 0 aliphatic heterocycles. The van der Waals surface area contributed by atoms with E-state index < -0.39 is 17.3 Å². The molecule has 1 unspecified atom stereocenters. The highest BCUT2D eigenvalue weighted by Gasteiger charge is 2.37. The van der Waals surface area contributed by atoms with Crippen LogP contribution in [0.5, 0.6) is 0 Å². The van der Waals surface area contributed by atoms with Crippen molar-refractivity contribution in [2.24, 2.45) is 5.41 Å². The predicted molar refractivity (Wildman–Crippen MR) is 79.5 cm³/mol. The number of carboxylic acid groups (broad SMARTS) is 1. The van der Waals surface area contributed by atoms with Gasteiger partial charge in [-0.25, -0.2) is 0 Å². The van der Waals surface area contributed by atoms with Gasteiger partial charge in [0.2, 0.25) is 5.91 Å². The normalized spacial score (nSPS) is 18.2. The maximum absolute atomic E-state index is 12.0. The van der Waals surface area contributed by atoms with Gasteiger partial charge in [-0.05, 0) is 56.4 Å². The molecule has 1 aliphatic rings. The number of aryl methyl sites for hydroxylation is 1. The molecule has 0 spiro atoms. The molecular weight excluding hydrogens is 322 g/mol. The van der Waals surface area contributed by atoms with Gasteiger partial charge in [0.1, 0.15) is 5.41 Å². The third kappa shape index (κ3) is 3.03. The summed E-state index contributed by atoms with van der Waals surface area (Å²) < 4.78 is 1.06. The fraction of sp³-hybridized carbons (Fsp3) is 0.467. The second kappa shape index (κ2) is 5.56. The zero-order valence-corrected chi connectivity index (χ0v) is 13.2. The number of carbonyl (C=O) groups is 2. The Kier molecular flexibility index (Phi) is 4.18. The Labute approximate surface area is 126 Å². The molecular formula is C15H18BrNO3. The summed E-state index contributed by atoms with van der Waals surface area (Å²) in [6, 6.07) is 6.16. The van der Waals surface area contributed by atoms with E-state index in [1.54, 1.807) is 0 Å². The van der Waals surface area contributed by atoms with Crippen LogP contribution in [0.25, 0.3) is 0 Å². The number of halogens is 1. The van der Waals surface area contributed by atoms with E-state index in [0.29, 0.717) is 0 Å². The van der Waals surface area contributed by atoms with Crippen LogP contribution in [-0.2, 0) is 22.4 Å². The minimum absolute atomic E-state index is 0.00907. The summed E-state index contributed by atoms with van der Waals surface area (Å²) in [5.41, 5.74) is 1.13. The van der Waals surface area contributed by atoms with E-state index in [2.05, 4.69) is 33.4 Å². The molecule has 1 amide bonds. The highest BCUT2D eigenvalue weighted by molar-refractivity contribution is 9.10. The van der Waals surface area contributed by atoms with Crippen molar-refractivity contribution in [1.82, 2.24) is 5.32 Å². The minimum Gasteiger partial charge on any atom is -0.480 e. The number of rotatable bonds is 3. The summed E-state index contributed by atoms with van der Waals surface area (Å²) in [5.74, 6) is -1.52. The first-order valence-electron chi connectivity index (χ1n) is 6.62. The van der Waals surface area contributed by atoms with Crippen molar-refractivity contribution in [1.29, 1.82) is 0 Å². The molecule has 1 aliphatic carbocycles. The third-order valence-corrected chi connectivity index (χ3v) is 4.33. The predicted octanol–water partition coefficient (Wildman–Crippen LogP) is 2.53. The summed E-state index contributed by atoms with van der Waals surface area (Å²) in [6.45, 7) is 2.86. The lowest BCUT2D eigenvalue weighted by molar-refractivity contribution is -0.153. The molecule has 4 nitrogen and oxygen atoms in total. The topological polar surface area (TPSA) is 66.4 Å². The Hall–Kier alpha value is -1.36. The molecule has 2 rings (SSSR count). The molecule has 1 atom stereocenters. The van der Waals surface area contributed by atoms with Gasteiger partial charge in [-0.2, -0.15) is 0 Å². The minimum atomic E-state index is -1.39. The van der Waals surface area contributed by atoms with Crippen LogP contribution in [0, 0.1) is 5.41 Å². The lowest BCUT2D eigenvalue weighted by Crippen LogP contribution is -2.48. The number of nitrogens with one attached hydrogen (secondary N) is 1. The molecule has 0 heterocycles. The molecule has 0 radical (unpaired) electrons. The van der Waals surface area contributed by atoms with Gasteiger partial charge in [0.25, 0.3) is 0 Å². The first-order valence-corrected chi connectivity index (χ1v) is 7.41. The average Bonchev–Trinajstić information content (AvgIpc) is 2.38. The second-order valence-electron chi connectivity index (χ2n) is 5.76. The third-order valence-electron chi connectivity index (χ3n) is 3.83. The summed E-state index contributed by atoms with van der Waals surface area (Å²) in [7, 11) is 0. The molecule has 0 bridgehead atoms. The molecule has 1 aromatic rings. The van der Waals surface area contributed by atoms with E-state index in [9.17, 15) is 9.59 Å². The van der Waals surface area contributed by atoms with Crippen LogP contribution in [0.1, 0.15) is 31.4 Å². The number of aliphatic carboxylic acids is 1. The summed E-state index contributed by atoms with van der Waals surface area (Å²) in [4.78, 5) is 23.1. The van der Waals surface area contributed by atoms with Crippen LogP contribution in [0.2, 0.25) is 0 Å². The van der Waals surface area contributed by atoms with Gasteiger partial charge in [-0.15, -0.1) is 0 Å². The zero-order chi connectivity index (χ0) is 14.9. The van der Waals surface area contributed by atoms with Gasteiger partial charge in [0.05, 0.1) is 0 Å². The van der Waals surface area contributed by atoms with E-state index in [0.717, 1.165) is 23.7 Å². The number of fused-ring (bicyclic) bond motifs is 1. The lowest BCUT2D eigenvalue weighted by atomic mass is 9.86. The second-order valence-corrected chi connectivity index (χ2v) is 6.67. The summed E-state index contributed by atoms with van der Waals surface area (Å²) in [5, 5.41) is 11.9. The number of carbonyl (C=O) groups excluding carboxylic acids is 1. The van der Waals surface area contributed by atoms with Crippen molar-refractivity contribution in [2.45, 2.75) is 39.2 Å². The molecule has 0 saturated heterocycles. The molecule has 2 N–H and O–H groups in total. The lowest BCUT2D eigenvalue weighted by Gasteiger charge is -2.28. The average molecular weight is 340 g/mol. The Balaban J connectivity index is 2.05. The molecule has 0 aromatic heterocycles. The Morgan fingerprint density at radius 3 is 2.70 bits per heavy atom. The van der Waals surface area contributed by atoms with Crippen molar-refractivity contribution in [3.63, 3.8) is 0 Å². The fourth-order valence-corrected chi connectivity index (χ4v) is 2.72. The Morgan fingerprint density at radius 1 is 1.35 bits per heavy atom. The smallest absolute Gasteiger partial charge is 0.318 e. The molecule has 5 heteroatoms. The first kappa shape index (κ1) is 15.0. The van der Waals surface area contributed by atoms with E-state index >= 15 is 0 Å². The first-order chi connectivity index (χ1) is 9.30. The van der Waals surface area contributed by atoms with Crippen LogP contribution in [0.4, 0.5) is 0 Å². The molecule has 108 valence electrons. The van der Waals surface area contributed by atoms with Crippen molar-refractivity contribution in [3.05, 3.63) is 33.8 Å². The van der Waals surface area contributed by atoms with Crippen molar-refractivity contribution >= 4 is 27.8 Å². The number of amides is 1. The van der Waals surface area contributed by atoms with Crippen LogP contribution >= 0.6 is 15.9 Å². The van der Waals surface area contributed by atoms with Gasteiger partial charge < -0.3 is 10.4 Å². The van der Waals surface area contributed by atoms with Gasteiger partial charge in [-0.3, -0.25) is 9.59 Å².